The Morgan fingerprint density at radius 1 is 1.08 bits per heavy atom. The summed E-state index contributed by atoms with van der Waals surface area (Å²) in [5.74, 6) is -1.93. The number of benzene rings is 2. The van der Waals surface area contributed by atoms with Gasteiger partial charge in [-0.2, -0.15) is 0 Å². The number of primary amides is 1. The van der Waals surface area contributed by atoms with Gasteiger partial charge in [0.1, 0.15) is 5.82 Å². The van der Waals surface area contributed by atoms with Gasteiger partial charge in [-0.1, -0.05) is 12.1 Å². The topological polar surface area (TPSA) is 98.5 Å². The predicted octanol–water partition coefficient (Wildman–Crippen LogP) is 2.43. The highest BCUT2D eigenvalue weighted by molar-refractivity contribution is 5.96. The Kier molecular flexibility index (Phi) is 6.43. The molecule has 2 aromatic carbocycles. The number of aryl methyl sites for hydroxylation is 1. The molecule has 0 spiro atoms. The number of hydrogen-bond acceptors (Lipinski definition) is 4. The van der Waals surface area contributed by atoms with Crippen LogP contribution in [0.4, 0.5) is 10.1 Å². The normalized spacial score (nSPS) is 11.5. The summed E-state index contributed by atoms with van der Waals surface area (Å²) in [5, 5.41) is 2.58. The molecule has 136 valence electrons. The Hall–Kier alpha value is -3.22. The number of ether oxygens (including phenoxy) is 1. The van der Waals surface area contributed by atoms with Crippen LogP contribution in [0.1, 0.15) is 29.3 Å². The van der Waals surface area contributed by atoms with Gasteiger partial charge in [0.05, 0.1) is 0 Å². The smallest absolute Gasteiger partial charge is 0.306 e. The van der Waals surface area contributed by atoms with Gasteiger partial charge in [-0.25, -0.2) is 4.39 Å². The van der Waals surface area contributed by atoms with Crippen LogP contribution in [0, 0.1) is 5.82 Å². The third kappa shape index (κ3) is 5.70. The first-order chi connectivity index (χ1) is 12.3. The SMILES string of the molecule is C[C@@H](OC(=O)CCc1ccc(F)cc1)C(=O)Nc1ccc(C(N)=O)cc1. The molecule has 1 atom stereocenters. The number of carbonyl (C=O) groups is 3. The fourth-order valence-corrected chi connectivity index (χ4v) is 2.17. The second kappa shape index (κ2) is 8.75. The van der Waals surface area contributed by atoms with Crippen molar-refractivity contribution >= 4 is 23.5 Å². The molecule has 0 aromatic heterocycles. The Balaban J connectivity index is 1.80. The highest BCUT2D eigenvalue weighted by Gasteiger charge is 2.18. The molecule has 0 aliphatic heterocycles. The summed E-state index contributed by atoms with van der Waals surface area (Å²) in [6.07, 6.45) is -0.509. The van der Waals surface area contributed by atoms with Gasteiger partial charge in [0, 0.05) is 17.7 Å². The first kappa shape index (κ1) is 19.1. The molecule has 0 aliphatic rings. The molecule has 26 heavy (non-hydrogen) atoms. The Morgan fingerprint density at radius 2 is 1.69 bits per heavy atom. The summed E-state index contributed by atoms with van der Waals surface area (Å²) in [4.78, 5) is 34.9. The van der Waals surface area contributed by atoms with Crippen molar-refractivity contribution in [3.8, 4) is 0 Å². The van der Waals surface area contributed by atoms with E-state index in [4.69, 9.17) is 10.5 Å². The maximum absolute atomic E-state index is 12.8. The fourth-order valence-electron chi connectivity index (χ4n) is 2.17. The maximum Gasteiger partial charge on any atom is 0.306 e. The molecule has 2 amide bonds. The van der Waals surface area contributed by atoms with Gasteiger partial charge < -0.3 is 15.8 Å². The van der Waals surface area contributed by atoms with Crippen LogP contribution in [0.2, 0.25) is 0 Å². The van der Waals surface area contributed by atoms with Crippen molar-refractivity contribution in [2.24, 2.45) is 5.73 Å². The van der Waals surface area contributed by atoms with Gasteiger partial charge in [-0.3, -0.25) is 14.4 Å². The van der Waals surface area contributed by atoms with Crippen LogP contribution in [0.25, 0.3) is 0 Å². The lowest BCUT2D eigenvalue weighted by atomic mass is 10.1. The minimum Gasteiger partial charge on any atom is -0.453 e. The van der Waals surface area contributed by atoms with E-state index in [-0.39, 0.29) is 12.2 Å². The summed E-state index contributed by atoms with van der Waals surface area (Å²) >= 11 is 0. The number of rotatable bonds is 7. The average molecular weight is 358 g/mol. The quantitative estimate of drug-likeness (QED) is 0.743. The van der Waals surface area contributed by atoms with Crippen molar-refractivity contribution in [3.05, 3.63) is 65.5 Å². The number of anilines is 1. The molecule has 7 heteroatoms. The van der Waals surface area contributed by atoms with E-state index in [1.54, 1.807) is 12.1 Å². The van der Waals surface area contributed by atoms with E-state index in [1.807, 2.05) is 0 Å². The molecule has 0 bridgehead atoms. The van der Waals surface area contributed by atoms with E-state index >= 15 is 0 Å². The second-order valence-electron chi connectivity index (χ2n) is 5.69. The Morgan fingerprint density at radius 3 is 2.27 bits per heavy atom. The first-order valence-electron chi connectivity index (χ1n) is 8.00. The molecule has 0 aliphatic carbocycles. The lowest BCUT2D eigenvalue weighted by molar-refractivity contribution is -0.153. The zero-order valence-electron chi connectivity index (χ0n) is 14.2. The van der Waals surface area contributed by atoms with Crippen LogP contribution in [-0.2, 0) is 20.7 Å². The van der Waals surface area contributed by atoms with Crippen LogP contribution in [-0.4, -0.2) is 23.9 Å². The molecular weight excluding hydrogens is 339 g/mol. The van der Waals surface area contributed by atoms with Crippen LogP contribution in [0.5, 0.6) is 0 Å². The van der Waals surface area contributed by atoms with Crippen molar-refractivity contribution < 1.29 is 23.5 Å². The zero-order valence-corrected chi connectivity index (χ0v) is 14.2. The summed E-state index contributed by atoms with van der Waals surface area (Å²) in [5.41, 5.74) is 6.72. The fraction of sp³-hybridized carbons (Fsp3) is 0.211. The molecule has 0 radical (unpaired) electrons. The monoisotopic (exact) mass is 358 g/mol. The van der Waals surface area contributed by atoms with Crippen LogP contribution in [0.15, 0.2) is 48.5 Å². The van der Waals surface area contributed by atoms with Crippen molar-refractivity contribution in [1.82, 2.24) is 0 Å². The van der Waals surface area contributed by atoms with E-state index in [0.717, 1.165) is 5.56 Å². The zero-order chi connectivity index (χ0) is 19.1. The van der Waals surface area contributed by atoms with Gasteiger partial charge in [0.25, 0.3) is 5.91 Å². The number of amides is 2. The van der Waals surface area contributed by atoms with Gasteiger partial charge in [-0.15, -0.1) is 0 Å². The standard InChI is InChI=1S/C19H19FN2O4/c1-12(19(25)22-16-9-5-14(6-10-16)18(21)24)26-17(23)11-4-13-2-7-15(20)8-3-13/h2-3,5-10,12H,4,11H2,1H3,(H2,21,24)(H,22,25)/t12-/m1/s1. The first-order valence-corrected chi connectivity index (χ1v) is 8.00. The van der Waals surface area contributed by atoms with E-state index in [1.165, 1.54) is 43.3 Å². The second-order valence-corrected chi connectivity index (χ2v) is 5.69. The highest BCUT2D eigenvalue weighted by atomic mass is 19.1. The Bertz CT molecular complexity index is 788. The molecule has 0 saturated heterocycles. The van der Waals surface area contributed by atoms with Crippen LogP contribution in [0.3, 0.4) is 0 Å². The number of nitrogens with two attached hydrogens (primary N) is 1. The minimum atomic E-state index is -0.980. The van der Waals surface area contributed by atoms with Crippen LogP contribution < -0.4 is 11.1 Å². The molecule has 0 heterocycles. The lowest BCUT2D eigenvalue weighted by Gasteiger charge is -2.13. The molecule has 2 aromatic rings. The van der Waals surface area contributed by atoms with Gasteiger partial charge >= 0.3 is 5.97 Å². The third-order valence-corrected chi connectivity index (χ3v) is 3.65. The molecule has 2 rings (SSSR count). The average Bonchev–Trinajstić information content (AvgIpc) is 2.61. The summed E-state index contributed by atoms with van der Waals surface area (Å²) in [6.45, 7) is 1.46. The van der Waals surface area contributed by atoms with Gasteiger partial charge in [-0.05, 0) is 55.3 Å². The molecule has 3 N–H and O–H groups in total. The molecule has 0 fully saturated rings. The predicted molar refractivity (Wildman–Crippen MR) is 93.9 cm³/mol. The molecule has 0 unspecified atom stereocenters. The number of esters is 1. The third-order valence-electron chi connectivity index (χ3n) is 3.65. The molecule has 6 nitrogen and oxygen atoms in total. The highest BCUT2D eigenvalue weighted by Crippen LogP contribution is 2.11. The largest absolute Gasteiger partial charge is 0.453 e. The van der Waals surface area contributed by atoms with Crippen molar-refractivity contribution in [1.29, 1.82) is 0 Å². The van der Waals surface area contributed by atoms with Crippen molar-refractivity contribution in [2.75, 3.05) is 5.32 Å². The van der Waals surface area contributed by atoms with Gasteiger partial charge in [0.15, 0.2) is 6.10 Å². The number of nitrogens with one attached hydrogen (secondary N) is 1. The van der Waals surface area contributed by atoms with Crippen molar-refractivity contribution in [2.45, 2.75) is 25.9 Å². The Labute approximate surface area is 150 Å². The number of halogens is 1. The minimum absolute atomic E-state index is 0.0799. The summed E-state index contributed by atoms with van der Waals surface area (Å²) < 4.78 is 17.9. The summed E-state index contributed by atoms with van der Waals surface area (Å²) in [7, 11) is 0. The van der Waals surface area contributed by atoms with E-state index in [0.29, 0.717) is 17.7 Å². The van der Waals surface area contributed by atoms with E-state index in [2.05, 4.69) is 5.32 Å². The number of carbonyl (C=O) groups excluding carboxylic acids is 3. The summed E-state index contributed by atoms with van der Waals surface area (Å²) in [6, 6.07) is 11.8. The lowest BCUT2D eigenvalue weighted by Crippen LogP contribution is -2.30. The van der Waals surface area contributed by atoms with Crippen LogP contribution >= 0.6 is 0 Å². The number of hydrogen-bond donors (Lipinski definition) is 2. The van der Waals surface area contributed by atoms with Gasteiger partial charge in [0.2, 0.25) is 5.91 Å². The molecule has 0 saturated carbocycles. The van der Waals surface area contributed by atoms with E-state index < -0.39 is 23.9 Å². The molecular formula is C19H19FN2O4. The van der Waals surface area contributed by atoms with Crippen molar-refractivity contribution in [3.63, 3.8) is 0 Å². The maximum atomic E-state index is 12.8. The van der Waals surface area contributed by atoms with E-state index in [9.17, 15) is 18.8 Å².